The summed E-state index contributed by atoms with van der Waals surface area (Å²) in [7, 11) is 0. The van der Waals surface area contributed by atoms with Gasteiger partial charge in [-0.2, -0.15) is 0 Å². The van der Waals surface area contributed by atoms with E-state index in [1.165, 1.54) is 0 Å². The summed E-state index contributed by atoms with van der Waals surface area (Å²) in [6.45, 7) is 6.47. The summed E-state index contributed by atoms with van der Waals surface area (Å²) in [6.07, 6.45) is 1.70. The van der Waals surface area contributed by atoms with Crippen LogP contribution in [0.1, 0.15) is 5.69 Å². The molecular weight excluding hydrogens is 368 g/mol. The summed E-state index contributed by atoms with van der Waals surface area (Å²) < 4.78 is 10.9. The summed E-state index contributed by atoms with van der Waals surface area (Å²) in [4.78, 5) is 23.2. The third-order valence-corrected chi connectivity index (χ3v) is 5.17. The van der Waals surface area contributed by atoms with Crippen LogP contribution < -0.4 is 0 Å². The van der Waals surface area contributed by atoms with Gasteiger partial charge in [0.15, 0.2) is 0 Å². The number of halogens is 1. The van der Waals surface area contributed by atoms with E-state index < -0.39 is 0 Å². The van der Waals surface area contributed by atoms with Gasteiger partial charge in [0, 0.05) is 56.4 Å². The second kappa shape index (κ2) is 8.29. The number of aromatic nitrogens is 1. The zero-order chi connectivity index (χ0) is 18.6. The van der Waals surface area contributed by atoms with Gasteiger partial charge in [0.2, 0.25) is 5.89 Å². The lowest BCUT2D eigenvalue weighted by Gasteiger charge is -2.38. The van der Waals surface area contributed by atoms with E-state index in [1.54, 1.807) is 6.26 Å². The zero-order valence-electron chi connectivity index (χ0n) is 15.1. The average Bonchev–Trinajstić information content (AvgIpc) is 3.17. The molecule has 2 saturated heterocycles. The maximum absolute atomic E-state index is 12.5. The summed E-state index contributed by atoms with van der Waals surface area (Å²) in [5.41, 5.74) is 1.76. The highest BCUT2D eigenvalue weighted by atomic mass is 35.5. The number of urea groups is 1. The Kier molecular flexibility index (Phi) is 5.61. The van der Waals surface area contributed by atoms with Crippen LogP contribution in [0.3, 0.4) is 0 Å². The van der Waals surface area contributed by atoms with E-state index in [1.807, 2.05) is 34.1 Å². The molecule has 144 valence electrons. The van der Waals surface area contributed by atoms with Crippen molar-refractivity contribution in [1.82, 2.24) is 19.7 Å². The molecule has 0 aliphatic carbocycles. The van der Waals surface area contributed by atoms with Gasteiger partial charge in [-0.15, -0.1) is 0 Å². The summed E-state index contributed by atoms with van der Waals surface area (Å²) in [5, 5.41) is 0.660. The van der Waals surface area contributed by atoms with Gasteiger partial charge in [0.05, 0.1) is 18.9 Å². The number of oxazole rings is 1. The molecule has 2 amide bonds. The normalized spacial score (nSPS) is 18.7. The maximum Gasteiger partial charge on any atom is 0.320 e. The van der Waals surface area contributed by atoms with Gasteiger partial charge >= 0.3 is 6.03 Å². The zero-order valence-corrected chi connectivity index (χ0v) is 15.9. The van der Waals surface area contributed by atoms with Crippen molar-refractivity contribution >= 4 is 17.6 Å². The second-order valence-electron chi connectivity index (χ2n) is 6.80. The first kappa shape index (κ1) is 18.3. The van der Waals surface area contributed by atoms with E-state index in [0.29, 0.717) is 43.8 Å². The van der Waals surface area contributed by atoms with Gasteiger partial charge in [0.1, 0.15) is 6.26 Å². The van der Waals surface area contributed by atoms with E-state index in [-0.39, 0.29) is 6.03 Å². The Morgan fingerprint density at radius 1 is 1.07 bits per heavy atom. The molecule has 2 aliphatic heterocycles. The van der Waals surface area contributed by atoms with E-state index in [4.69, 9.17) is 20.8 Å². The molecule has 2 aromatic rings. The van der Waals surface area contributed by atoms with Crippen molar-refractivity contribution < 1.29 is 13.9 Å². The third kappa shape index (κ3) is 4.43. The molecule has 3 heterocycles. The molecule has 0 unspecified atom stereocenters. The number of carbonyl (C=O) groups excluding carboxylic acids is 1. The summed E-state index contributed by atoms with van der Waals surface area (Å²) in [6, 6.07) is 7.60. The SMILES string of the molecule is O=C(N1CCOCC1)N1CCN(Cc2coc(-c3cccc(Cl)c3)n2)CC1. The largest absolute Gasteiger partial charge is 0.444 e. The minimum Gasteiger partial charge on any atom is -0.444 e. The Bertz CT molecular complexity index is 783. The number of hydrogen-bond acceptors (Lipinski definition) is 5. The fourth-order valence-corrected chi connectivity index (χ4v) is 3.60. The Labute approximate surface area is 163 Å². The quantitative estimate of drug-likeness (QED) is 0.806. The number of rotatable bonds is 3. The van der Waals surface area contributed by atoms with Crippen LogP contribution in [0.5, 0.6) is 0 Å². The highest BCUT2D eigenvalue weighted by Gasteiger charge is 2.26. The number of benzene rings is 1. The molecule has 0 N–H and O–H groups in total. The van der Waals surface area contributed by atoms with Gasteiger partial charge in [-0.25, -0.2) is 9.78 Å². The number of amides is 2. The minimum absolute atomic E-state index is 0.127. The smallest absolute Gasteiger partial charge is 0.320 e. The third-order valence-electron chi connectivity index (χ3n) is 4.93. The van der Waals surface area contributed by atoms with E-state index in [9.17, 15) is 4.79 Å². The van der Waals surface area contributed by atoms with Crippen LogP contribution in [0.4, 0.5) is 4.79 Å². The summed E-state index contributed by atoms with van der Waals surface area (Å²) >= 11 is 6.03. The first-order chi connectivity index (χ1) is 13.2. The van der Waals surface area contributed by atoms with E-state index >= 15 is 0 Å². The number of carbonyl (C=O) groups is 1. The van der Waals surface area contributed by atoms with Gasteiger partial charge in [-0.1, -0.05) is 17.7 Å². The lowest BCUT2D eigenvalue weighted by molar-refractivity contribution is 0.0372. The molecule has 2 aliphatic rings. The maximum atomic E-state index is 12.5. The highest BCUT2D eigenvalue weighted by molar-refractivity contribution is 6.30. The van der Waals surface area contributed by atoms with Crippen molar-refractivity contribution in [2.45, 2.75) is 6.54 Å². The molecular formula is C19H23ClN4O3. The van der Waals surface area contributed by atoms with Crippen LogP contribution in [0.15, 0.2) is 34.9 Å². The van der Waals surface area contributed by atoms with Gasteiger partial charge in [-0.05, 0) is 18.2 Å². The Balaban J connectivity index is 1.30. The van der Waals surface area contributed by atoms with Crippen molar-refractivity contribution in [3.63, 3.8) is 0 Å². The molecule has 27 heavy (non-hydrogen) atoms. The Hall–Kier alpha value is -2.09. The molecule has 0 bridgehead atoms. The van der Waals surface area contributed by atoms with Crippen LogP contribution in [0.25, 0.3) is 11.5 Å². The molecule has 1 aromatic carbocycles. The van der Waals surface area contributed by atoms with Crippen LogP contribution in [0.2, 0.25) is 5.02 Å². The molecule has 0 saturated carbocycles. The van der Waals surface area contributed by atoms with Crippen LogP contribution in [-0.4, -0.2) is 78.2 Å². The number of piperazine rings is 1. The molecule has 8 heteroatoms. The molecule has 0 atom stereocenters. The van der Waals surface area contributed by atoms with Gasteiger partial charge in [0.25, 0.3) is 0 Å². The molecule has 7 nitrogen and oxygen atoms in total. The highest BCUT2D eigenvalue weighted by Crippen LogP contribution is 2.22. The molecule has 0 radical (unpaired) electrons. The van der Waals surface area contributed by atoms with Crippen molar-refractivity contribution in [3.05, 3.63) is 41.2 Å². The molecule has 1 aromatic heterocycles. The van der Waals surface area contributed by atoms with Gasteiger partial charge in [-0.3, -0.25) is 4.90 Å². The fraction of sp³-hybridized carbons (Fsp3) is 0.474. The van der Waals surface area contributed by atoms with Crippen molar-refractivity contribution in [1.29, 1.82) is 0 Å². The molecule has 2 fully saturated rings. The second-order valence-corrected chi connectivity index (χ2v) is 7.24. The Morgan fingerprint density at radius 2 is 1.81 bits per heavy atom. The first-order valence-electron chi connectivity index (χ1n) is 9.23. The van der Waals surface area contributed by atoms with E-state index in [0.717, 1.165) is 37.4 Å². The lowest BCUT2D eigenvalue weighted by Crippen LogP contribution is -2.54. The summed E-state index contributed by atoms with van der Waals surface area (Å²) in [5.74, 6) is 0.577. The number of nitrogens with zero attached hydrogens (tertiary/aromatic N) is 4. The first-order valence-corrected chi connectivity index (χ1v) is 9.61. The fourth-order valence-electron chi connectivity index (χ4n) is 3.41. The van der Waals surface area contributed by atoms with Crippen LogP contribution >= 0.6 is 11.6 Å². The van der Waals surface area contributed by atoms with Crippen molar-refractivity contribution in [3.8, 4) is 11.5 Å². The van der Waals surface area contributed by atoms with Crippen molar-refractivity contribution in [2.24, 2.45) is 0 Å². The predicted octanol–water partition coefficient (Wildman–Crippen LogP) is 2.56. The minimum atomic E-state index is 0.127. The topological polar surface area (TPSA) is 62.1 Å². The monoisotopic (exact) mass is 390 g/mol. The van der Waals surface area contributed by atoms with Crippen LogP contribution in [0, 0.1) is 0 Å². The predicted molar refractivity (Wildman–Crippen MR) is 102 cm³/mol. The van der Waals surface area contributed by atoms with Crippen molar-refractivity contribution in [2.75, 3.05) is 52.5 Å². The Morgan fingerprint density at radius 3 is 2.56 bits per heavy atom. The number of ether oxygens (including phenoxy) is 1. The van der Waals surface area contributed by atoms with Crippen LogP contribution in [-0.2, 0) is 11.3 Å². The molecule has 4 rings (SSSR count). The standard InChI is InChI=1S/C19H23ClN4O3/c20-16-3-1-2-15(12-16)18-21-17(14-27-18)13-22-4-6-23(7-5-22)19(25)24-8-10-26-11-9-24/h1-3,12,14H,4-11,13H2. The number of hydrogen-bond donors (Lipinski definition) is 0. The number of morpholine rings is 1. The lowest BCUT2D eigenvalue weighted by atomic mass is 10.2. The molecule has 0 spiro atoms. The average molecular weight is 391 g/mol. The van der Waals surface area contributed by atoms with E-state index in [2.05, 4.69) is 9.88 Å². The van der Waals surface area contributed by atoms with Gasteiger partial charge < -0.3 is 19.0 Å².